The highest BCUT2D eigenvalue weighted by molar-refractivity contribution is 6.46. The van der Waals surface area contributed by atoms with Crippen molar-refractivity contribution < 1.29 is 28.6 Å². The van der Waals surface area contributed by atoms with Gasteiger partial charge in [0.2, 0.25) is 0 Å². The average molecular weight is 518 g/mol. The van der Waals surface area contributed by atoms with Crippen molar-refractivity contribution in [3.05, 3.63) is 101 Å². The molecule has 1 aliphatic rings. The molecule has 6 nitrogen and oxygen atoms in total. The molecule has 1 fully saturated rings. The molecule has 198 valence electrons. The molecular weight excluding hydrogens is 485 g/mol. The third-order valence-corrected chi connectivity index (χ3v) is 6.48. The van der Waals surface area contributed by atoms with Crippen molar-refractivity contribution in [3.63, 3.8) is 0 Å². The van der Waals surface area contributed by atoms with Crippen molar-refractivity contribution >= 4 is 17.4 Å². The Kier molecular flexibility index (Phi) is 8.79. The molecule has 4 rings (SSSR count). The lowest BCUT2D eigenvalue weighted by Gasteiger charge is -2.26. The molecular formula is C31H32FNO5. The maximum Gasteiger partial charge on any atom is 0.295 e. The van der Waals surface area contributed by atoms with Crippen LogP contribution in [0.4, 0.5) is 4.39 Å². The number of carbonyl (C=O) groups is 2. The van der Waals surface area contributed by atoms with Gasteiger partial charge in [-0.1, -0.05) is 49.7 Å². The second-order valence-electron chi connectivity index (χ2n) is 9.08. The molecule has 7 heteroatoms. The third kappa shape index (κ3) is 5.88. The summed E-state index contributed by atoms with van der Waals surface area (Å²) in [5, 5.41) is 11.2. The van der Waals surface area contributed by atoms with Gasteiger partial charge in [0.05, 0.1) is 24.8 Å². The van der Waals surface area contributed by atoms with E-state index >= 15 is 0 Å². The topological polar surface area (TPSA) is 76.1 Å². The Labute approximate surface area is 222 Å². The minimum absolute atomic E-state index is 0.0447. The van der Waals surface area contributed by atoms with Gasteiger partial charge >= 0.3 is 0 Å². The van der Waals surface area contributed by atoms with Crippen LogP contribution in [0.1, 0.15) is 49.4 Å². The van der Waals surface area contributed by atoms with Crippen molar-refractivity contribution in [1.82, 2.24) is 4.90 Å². The summed E-state index contributed by atoms with van der Waals surface area (Å²) in [6.07, 6.45) is 2.41. The molecule has 1 amide bonds. The van der Waals surface area contributed by atoms with E-state index in [4.69, 9.17) is 9.47 Å². The largest absolute Gasteiger partial charge is 0.507 e. The van der Waals surface area contributed by atoms with Gasteiger partial charge in [-0.15, -0.1) is 0 Å². The summed E-state index contributed by atoms with van der Waals surface area (Å²) in [7, 11) is 0. The van der Waals surface area contributed by atoms with Crippen LogP contribution in [0.2, 0.25) is 0 Å². The van der Waals surface area contributed by atoms with E-state index in [-0.39, 0.29) is 23.4 Å². The van der Waals surface area contributed by atoms with Crippen molar-refractivity contribution in [2.75, 3.05) is 19.8 Å². The van der Waals surface area contributed by atoms with E-state index in [0.29, 0.717) is 36.7 Å². The fourth-order valence-corrected chi connectivity index (χ4v) is 4.52. The Morgan fingerprint density at radius 2 is 1.68 bits per heavy atom. The summed E-state index contributed by atoms with van der Waals surface area (Å²) in [4.78, 5) is 28.1. The summed E-state index contributed by atoms with van der Waals surface area (Å²) in [5.74, 6) is -1.24. The molecule has 0 aliphatic carbocycles. The predicted octanol–water partition coefficient (Wildman–Crippen LogP) is 6.07. The van der Waals surface area contributed by atoms with E-state index in [1.807, 2.05) is 37.3 Å². The van der Waals surface area contributed by atoms with Crippen LogP contribution in [0.15, 0.2) is 78.4 Å². The van der Waals surface area contributed by atoms with Gasteiger partial charge in [0.25, 0.3) is 11.7 Å². The highest BCUT2D eigenvalue weighted by Crippen LogP contribution is 2.42. The summed E-state index contributed by atoms with van der Waals surface area (Å²) in [5.41, 5.74) is 1.83. The summed E-state index contributed by atoms with van der Waals surface area (Å²) < 4.78 is 25.3. The number of unbranched alkanes of at least 4 members (excludes halogenated alkanes) is 1. The van der Waals surface area contributed by atoms with Crippen LogP contribution in [0, 0.1) is 5.82 Å². The molecule has 0 radical (unpaired) electrons. The van der Waals surface area contributed by atoms with E-state index in [9.17, 15) is 19.1 Å². The molecule has 1 heterocycles. The zero-order chi connectivity index (χ0) is 27.1. The zero-order valence-electron chi connectivity index (χ0n) is 21.7. The van der Waals surface area contributed by atoms with E-state index < -0.39 is 23.5 Å². The number of carbonyl (C=O) groups excluding carboxylic acids is 2. The Hall–Kier alpha value is -4.13. The molecule has 3 aromatic carbocycles. The van der Waals surface area contributed by atoms with Crippen molar-refractivity contribution in [1.29, 1.82) is 0 Å². The SMILES string of the molecule is CCCCOc1ccc(C2/C(=C(\O)c3ccc(F)cc3)C(=O)C(=O)N2CCc2ccccc2)cc1OCC. The number of hydrogen-bond donors (Lipinski definition) is 1. The Morgan fingerprint density at radius 1 is 0.947 bits per heavy atom. The first kappa shape index (κ1) is 26.9. The van der Waals surface area contributed by atoms with Gasteiger partial charge in [0.15, 0.2) is 11.5 Å². The van der Waals surface area contributed by atoms with Gasteiger partial charge in [0, 0.05) is 12.1 Å². The second-order valence-corrected chi connectivity index (χ2v) is 9.08. The van der Waals surface area contributed by atoms with Crippen LogP contribution in [0.5, 0.6) is 11.5 Å². The number of hydrogen-bond acceptors (Lipinski definition) is 5. The van der Waals surface area contributed by atoms with Gasteiger partial charge in [-0.05, 0) is 67.3 Å². The quantitative estimate of drug-likeness (QED) is 0.145. The van der Waals surface area contributed by atoms with E-state index in [0.717, 1.165) is 18.4 Å². The first-order valence-corrected chi connectivity index (χ1v) is 12.9. The number of ketones is 1. The third-order valence-electron chi connectivity index (χ3n) is 6.48. The normalized spacial score (nSPS) is 16.6. The lowest BCUT2D eigenvalue weighted by Crippen LogP contribution is -2.31. The van der Waals surface area contributed by atoms with Crippen LogP contribution < -0.4 is 9.47 Å². The van der Waals surface area contributed by atoms with Gasteiger partial charge in [-0.2, -0.15) is 0 Å². The van der Waals surface area contributed by atoms with Gasteiger partial charge in [-0.25, -0.2) is 4.39 Å². The number of benzene rings is 3. The fourth-order valence-electron chi connectivity index (χ4n) is 4.52. The molecule has 38 heavy (non-hydrogen) atoms. The minimum Gasteiger partial charge on any atom is -0.507 e. The van der Waals surface area contributed by atoms with Crippen LogP contribution in [0.25, 0.3) is 5.76 Å². The average Bonchev–Trinajstić information content (AvgIpc) is 3.18. The minimum atomic E-state index is -0.854. The molecule has 0 saturated carbocycles. The monoisotopic (exact) mass is 517 g/mol. The molecule has 1 unspecified atom stereocenters. The van der Waals surface area contributed by atoms with Crippen LogP contribution >= 0.6 is 0 Å². The molecule has 0 spiro atoms. The number of likely N-dealkylation sites (tertiary alicyclic amines) is 1. The smallest absolute Gasteiger partial charge is 0.295 e. The molecule has 0 aromatic heterocycles. The first-order valence-electron chi connectivity index (χ1n) is 12.9. The van der Waals surface area contributed by atoms with Crippen LogP contribution in [-0.4, -0.2) is 41.5 Å². The number of halogens is 1. The van der Waals surface area contributed by atoms with Crippen molar-refractivity contribution in [2.45, 2.75) is 39.2 Å². The van der Waals surface area contributed by atoms with E-state index in [2.05, 4.69) is 6.92 Å². The lowest BCUT2D eigenvalue weighted by molar-refractivity contribution is -0.139. The molecule has 1 saturated heterocycles. The molecule has 1 atom stereocenters. The maximum absolute atomic E-state index is 13.5. The highest BCUT2D eigenvalue weighted by atomic mass is 19.1. The molecule has 3 aromatic rings. The number of aliphatic hydroxyl groups is 1. The number of amides is 1. The Bertz CT molecular complexity index is 1300. The summed E-state index contributed by atoms with van der Waals surface area (Å²) >= 11 is 0. The summed E-state index contributed by atoms with van der Waals surface area (Å²) in [6.45, 7) is 5.14. The summed E-state index contributed by atoms with van der Waals surface area (Å²) in [6, 6.07) is 19.3. The second kappa shape index (κ2) is 12.4. The molecule has 1 aliphatic heterocycles. The lowest BCUT2D eigenvalue weighted by atomic mass is 9.94. The predicted molar refractivity (Wildman–Crippen MR) is 144 cm³/mol. The number of rotatable bonds is 11. The molecule has 0 bridgehead atoms. The number of Topliss-reactive ketones (excluding diaryl/α,β-unsaturated/α-hetero) is 1. The maximum atomic E-state index is 13.5. The number of nitrogens with zero attached hydrogens (tertiary/aromatic N) is 1. The van der Waals surface area contributed by atoms with Crippen LogP contribution in [-0.2, 0) is 16.0 Å². The zero-order valence-corrected chi connectivity index (χ0v) is 21.7. The standard InChI is InChI=1S/C31H32FNO5/c1-3-5-19-38-25-16-13-23(20-26(25)37-4-2)28-27(29(34)22-11-14-24(32)15-12-22)30(35)31(36)33(28)18-17-21-9-7-6-8-10-21/h6-16,20,28,34H,3-5,17-19H2,1-2H3/b29-27+. The van der Waals surface area contributed by atoms with Crippen molar-refractivity contribution in [3.8, 4) is 11.5 Å². The first-order chi connectivity index (χ1) is 18.4. The highest BCUT2D eigenvalue weighted by Gasteiger charge is 2.46. The van der Waals surface area contributed by atoms with E-state index in [1.165, 1.54) is 29.2 Å². The van der Waals surface area contributed by atoms with Gasteiger partial charge in [0.1, 0.15) is 11.6 Å². The van der Waals surface area contributed by atoms with Crippen LogP contribution in [0.3, 0.4) is 0 Å². The van der Waals surface area contributed by atoms with E-state index in [1.54, 1.807) is 18.2 Å². The van der Waals surface area contributed by atoms with Crippen molar-refractivity contribution in [2.24, 2.45) is 0 Å². The van der Waals surface area contributed by atoms with Gasteiger partial charge in [-0.3, -0.25) is 9.59 Å². The molecule has 1 N–H and O–H groups in total. The van der Waals surface area contributed by atoms with Gasteiger partial charge < -0.3 is 19.5 Å². The number of ether oxygens (including phenoxy) is 2. The number of aliphatic hydroxyl groups excluding tert-OH is 1. The Balaban J connectivity index is 1.79. The Morgan fingerprint density at radius 3 is 2.37 bits per heavy atom. The fraction of sp³-hybridized carbons (Fsp3) is 0.290.